The third kappa shape index (κ3) is 6.95. The summed E-state index contributed by atoms with van der Waals surface area (Å²) in [7, 11) is -0.0235. The van der Waals surface area contributed by atoms with E-state index in [1.54, 1.807) is 18.2 Å². The fourth-order valence-electron chi connectivity index (χ4n) is 4.04. The molecule has 0 radical (unpaired) electrons. The Kier molecular flexibility index (Phi) is 8.98. The van der Waals surface area contributed by atoms with Crippen LogP contribution in [0.15, 0.2) is 47.4 Å². The first-order chi connectivity index (χ1) is 16.1. The van der Waals surface area contributed by atoms with Crippen molar-refractivity contribution in [2.24, 2.45) is 5.92 Å². The second kappa shape index (κ2) is 11.5. The summed E-state index contributed by atoms with van der Waals surface area (Å²) in [6.07, 6.45) is 1.98. The second-order valence-electron chi connectivity index (χ2n) is 9.27. The summed E-state index contributed by atoms with van der Waals surface area (Å²) in [5.41, 5.74) is 2.31. The first-order valence-corrected chi connectivity index (χ1v) is 13.4. The Balaban J connectivity index is 1.96. The summed E-state index contributed by atoms with van der Waals surface area (Å²) in [5, 5.41) is 3.30. The number of benzene rings is 2. The first kappa shape index (κ1) is 26.5. The molecule has 0 aliphatic carbocycles. The zero-order valence-corrected chi connectivity index (χ0v) is 21.8. The van der Waals surface area contributed by atoms with Gasteiger partial charge in [-0.1, -0.05) is 31.5 Å². The van der Waals surface area contributed by atoms with Gasteiger partial charge in [-0.3, -0.25) is 4.79 Å². The van der Waals surface area contributed by atoms with Crippen LogP contribution >= 0.6 is 11.6 Å². The quantitative estimate of drug-likeness (QED) is 0.501. The van der Waals surface area contributed by atoms with E-state index >= 15 is 0 Å². The van der Waals surface area contributed by atoms with E-state index in [1.807, 2.05) is 51.0 Å². The highest BCUT2D eigenvalue weighted by Crippen LogP contribution is 2.29. The van der Waals surface area contributed by atoms with Gasteiger partial charge in [-0.2, -0.15) is 4.31 Å². The van der Waals surface area contributed by atoms with E-state index in [2.05, 4.69) is 5.32 Å². The predicted octanol–water partition coefficient (Wildman–Crippen LogP) is 4.76. The lowest BCUT2D eigenvalue weighted by Gasteiger charge is -2.27. The number of anilines is 2. The maximum atomic E-state index is 13.7. The van der Waals surface area contributed by atoms with Crippen LogP contribution in [0.25, 0.3) is 0 Å². The maximum Gasteiger partial charge on any atom is 0.243 e. The van der Waals surface area contributed by atoms with Crippen molar-refractivity contribution in [1.29, 1.82) is 0 Å². The normalized spacial score (nSPS) is 16.3. The molecule has 34 heavy (non-hydrogen) atoms. The van der Waals surface area contributed by atoms with Gasteiger partial charge in [0.05, 0.1) is 11.0 Å². The Morgan fingerprint density at radius 3 is 2.59 bits per heavy atom. The molecule has 1 N–H and O–H groups in total. The molecular formula is C25H34ClN3O4S. The predicted molar refractivity (Wildman–Crippen MR) is 137 cm³/mol. The molecule has 1 aliphatic rings. The second-order valence-corrected chi connectivity index (χ2v) is 11.6. The van der Waals surface area contributed by atoms with E-state index in [0.29, 0.717) is 23.7 Å². The molecule has 2 aromatic carbocycles. The largest absolute Gasteiger partial charge is 0.377 e. The van der Waals surface area contributed by atoms with Crippen molar-refractivity contribution < 1.29 is 17.9 Å². The fraction of sp³-hybridized carbons (Fsp3) is 0.480. The van der Waals surface area contributed by atoms with Crippen LogP contribution in [0.2, 0.25) is 5.02 Å². The third-order valence-corrected chi connectivity index (χ3v) is 7.69. The van der Waals surface area contributed by atoms with Gasteiger partial charge >= 0.3 is 0 Å². The molecule has 186 valence electrons. The van der Waals surface area contributed by atoms with E-state index in [1.165, 1.54) is 10.4 Å². The van der Waals surface area contributed by atoms with Crippen molar-refractivity contribution >= 4 is 38.9 Å². The molecular weight excluding hydrogens is 474 g/mol. The smallest absolute Gasteiger partial charge is 0.243 e. The Morgan fingerprint density at radius 2 is 1.97 bits per heavy atom. The molecule has 1 fully saturated rings. The number of hydrogen-bond donors (Lipinski definition) is 1. The van der Waals surface area contributed by atoms with E-state index in [-0.39, 0.29) is 35.9 Å². The van der Waals surface area contributed by atoms with Crippen LogP contribution < -0.4 is 10.2 Å². The minimum Gasteiger partial charge on any atom is -0.377 e. The highest BCUT2D eigenvalue weighted by molar-refractivity contribution is 7.89. The molecule has 0 bridgehead atoms. The van der Waals surface area contributed by atoms with E-state index in [4.69, 9.17) is 16.3 Å². The van der Waals surface area contributed by atoms with Crippen LogP contribution in [0.5, 0.6) is 0 Å². The number of nitrogens with zero attached hydrogens (tertiary/aromatic N) is 2. The average Bonchev–Trinajstić information content (AvgIpc) is 3.26. The monoisotopic (exact) mass is 507 g/mol. The van der Waals surface area contributed by atoms with Crippen LogP contribution in [0.1, 0.15) is 38.7 Å². The van der Waals surface area contributed by atoms with Crippen molar-refractivity contribution in [1.82, 2.24) is 4.31 Å². The zero-order valence-electron chi connectivity index (χ0n) is 20.3. The van der Waals surface area contributed by atoms with Gasteiger partial charge in [0.15, 0.2) is 0 Å². The number of halogens is 1. The molecule has 3 rings (SSSR count). The van der Waals surface area contributed by atoms with Crippen molar-refractivity contribution in [3.63, 3.8) is 0 Å². The molecule has 1 atom stereocenters. The maximum absolute atomic E-state index is 13.7. The lowest BCUT2D eigenvalue weighted by atomic mass is 10.1. The molecule has 9 heteroatoms. The molecule has 1 aliphatic heterocycles. The molecule has 1 amide bonds. The standard InChI is InChI=1S/C25H34ClN3O4S/c1-18(2)13-25(30)27-21-10-11-24(28(3)4)19(14-21)16-29(17-22-8-6-12-33-22)34(31,32)23-9-5-7-20(26)15-23/h5,7,9-11,14-15,18,22H,6,8,12-13,16-17H2,1-4H3,(H,27,30). The number of nitrogens with one attached hydrogen (secondary N) is 1. The first-order valence-electron chi connectivity index (χ1n) is 11.5. The summed E-state index contributed by atoms with van der Waals surface area (Å²) in [6, 6.07) is 11.9. The fourth-order valence-corrected chi connectivity index (χ4v) is 5.79. The van der Waals surface area contributed by atoms with Crippen LogP contribution in [0.4, 0.5) is 11.4 Å². The van der Waals surface area contributed by atoms with Gasteiger partial charge in [0.1, 0.15) is 0 Å². The molecule has 1 saturated heterocycles. The molecule has 7 nitrogen and oxygen atoms in total. The lowest BCUT2D eigenvalue weighted by Crippen LogP contribution is -2.37. The minimum absolute atomic E-state index is 0.0682. The summed E-state index contributed by atoms with van der Waals surface area (Å²) in [6.45, 7) is 4.99. The summed E-state index contributed by atoms with van der Waals surface area (Å²) >= 11 is 6.10. The number of hydrogen-bond acceptors (Lipinski definition) is 5. The molecule has 2 aromatic rings. The van der Waals surface area contributed by atoms with Gasteiger partial charge in [-0.25, -0.2) is 8.42 Å². The van der Waals surface area contributed by atoms with E-state index in [0.717, 1.165) is 24.1 Å². The Labute approximate surface area is 208 Å². The number of carbonyl (C=O) groups excluding carboxylic acids is 1. The van der Waals surface area contributed by atoms with Gasteiger partial charge in [0.25, 0.3) is 0 Å². The average molecular weight is 508 g/mol. The van der Waals surface area contributed by atoms with E-state index < -0.39 is 10.0 Å². The highest BCUT2D eigenvalue weighted by atomic mass is 35.5. The third-order valence-electron chi connectivity index (χ3n) is 5.65. The Morgan fingerprint density at radius 1 is 1.21 bits per heavy atom. The Bertz CT molecular complexity index is 1100. The molecule has 0 aromatic heterocycles. The summed E-state index contributed by atoms with van der Waals surface area (Å²) in [4.78, 5) is 14.4. The minimum atomic E-state index is -3.84. The number of amides is 1. The van der Waals surface area contributed by atoms with Gasteiger partial charge in [-0.15, -0.1) is 0 Å². The number of rotatable bonds is 10. The summed E-state index contributed by atoms with van der Waals surface area (Å²) in [5.74, 6) is 0.173. The Hall–Kier alpha value is -2.13. The van der Waals surface area contributed by atoms with E-state index in [9.17, 15) is 13.2 Å². The van der Waals surface area contributed by atoms with Gasteiger partial charge in [0, 0.05) is 56.6 Å². The highest BCUT2D eigenvalue weighted by Gasteiger charge is 2.30. The molecule has 0 saturated carbocycles. The van der Waals surface area contributed by atoms with Crippen molar-refractivity contribution in [3.8, 4) is 0 Å². The van der Waals surface area contributed by atoms with Crippen molar-refractivity contribution in [2.75, 3.05) is 37.5 Å². The lowest BCUT2D eigenvalue weighted by molar-refractivity contribution is -0.116. The van der Waals surface area contributed by atoms with Crippen molar-refractivity contribution in [2.45, 2.75) is 50.7 Å². The topological polar surface area (TPSA) is 79.0 Å². The van der Waals surface area contributed by atoms with Gasteiger partial charge in [-0.05, 0) is 60.7 Å². The van der Waals surface area contributed by atoms with Crippen LogP contribution in [0, 0.1) is 5.92 Å². The molecule has 1 heterocycles. The summed E-state index contributed by atoms with van der Waals surface area (Å²) < 4.78 is 34.6. The molecule has 0 spiro atoms. The van der Waals surface area contributed by atoms with Crippen LogP contribution in [0.3, 0.4) is 0 Å². The van der Waals surface area contributed by atoms with Crippen LogP contribution in [-0.2, 0) is 26.1 Å². The number of ether oxygens (including phenoxy) is 1. The van der Waals surface area contributed by atoms with Gasteiger partial charge < -0.3 is 15.0 Å². The number of sulfonamides is 1. The number of carbonyl (C=O) groups is 1. The SMILES string of the molecule is CC(C)CC(=O)Nc1ccc(N(C)C)c(CN(CC2CCCO2)S(=O)(=O)c2cccc(Cl)c2)c1. The van der Waals surface area contributed by atoms with Crippen LogP contribution in [-0.4, -0.2) is 52.0 Å². The molecule has 1 unspecified atom stereocenters. The van der Waals surface area contributed by atoms with Crippen molar-refractivity contribution in [3.05, 3.63) is 53.1 Å². The zero-order chi connectivity index (χ0) is 24.9. The van der Waals surface area contributed by atoms with Gasteiger partial charge in [0.2, 0.25) is 15.9 Å².